The first kappa shape index (κ1) is 12.4. The number of hydrogen-bond donors (Lipinski definition) is 3. The van der Waals surface area contributed by atoms with Gasteiger partial charge in [-0.15, -0.1) is 11.8 Å². The number of carbonyl (C=O) groups excluding carboxylic acids is 1. The van der Waals surface area contributed by atoms with Gasteiger partial charge in [-0.2, -0.15) is 0 Å². The fourth-order valence-corrected chi connectivity index (χ4v) is 1.60. The number of nitrogen functional groups attached to an aromatic ring is 1. The van der Waals surface area contributed by atoms with Gasteiger partial charge in [0.25, 0.3) is 0 Å². The van der Waals surface area contributed by atoms with Gasteiger partial charge in [-0.3, -0.25) is 4.79 Å². The number of amides is 1. The van der Waals surface area contributed by atoms with Crippen LogP contribution in [0.5, 0.6) is 0 Å². The summed E-state index contributed by atoms with van der Waals surface area (Å²) in [5.41, 5.74) is 6.17. The van der Waals surface area contributed by atoms with E-state index in [1.54, 1.807) is 23.9 Å². The van der Waals surface area contributed by atoms with Crippen LogP contribution in [0.3, 0.4) is 0 Å². The molecule has 4 N–H and O–H groups in total. The van der Waals surface area contributed by atoms with Crippen LogP contribution in [-0.2, 0) is 4.79 Å². The van der Waals surface area contributed by atoms with Gasteiger partial charge in [0.15, 0.2) is 0 Å². The number of benzene rings is 1. The molecular weight excluding hydrogens is 228 g/mol. The van der Waals surface area contributed by atoms with Crippen LogP contribution in [0.2, 0.25) is 0 Å². The fraction of sp³-hybridized carbons (Fsp3) is 0.200. The number of carboxylic acid groups (broad SMARTS) is 1. The van der Waals surface area contributed by atoms with Crippen LogP contribution in [0.15, 0.2) is 24.3 Å². The Kier molecular flexibility index (Phi) is 4.65. The van der Waals surface area contributed by atoms with Gasteiger partial charge < -0.3 is 16.2 Å². The maximum absolute atomic E-state index is 10.3. The van der Waals surface area contributed by atoms with Crippen LogP contribution in [0.1, 0.15) is 10.4 Å². The van der Waals surface area contributed by atoms with Gasteiger partial charge in [0.05, 0.1) is 17.2 Å². The molecule has 6 heteroatoms. The number of carboxylic acids is 1. The van der Waals surface area contributed by atoms with E-state index < -0.39 is 5.97 Å². The molecule has 1 saturated heterocycles. The zero-order valence-corrected chi connectivity index (χ0v) is 9.29. The van der Waals surface area contributed by atoms with E-state index in [9.17, 15) is 9.59 Å². The highest BCUT2D eigenvalue weighted by Crippen LogP contribution is 2.04. The molecule has 0 spiro atoms. The number of thioether (sulfide) groups is 1. The van der Waals surface area contributed by atoms with Crippen molar-refractivity contribution in [3.8, 4) is 0 Å². The van der Waals surface area contributed by atoms with Gasteiger partial charge in [-0.05, 0) is 24.3 Å². The van der Waals surface area contributed by atoms with Crippen molar-refractivity contribution in [3.05, 3.63) is 29.8 Å². The molecule has 0 bridgehead atoms. The molecule has 1 aromatic rings. The van der Waals surface area contributed by atoms with E-state index in [0.717, 1.165) is 5.88 Å². The molecule has 2 rings (SSSR count). The topological polar surface area (TPSA) is 92.4 Å². The average molecular weight is 240 g/mol. The highest BCUT2D eigenvalue weighted by molar-refractivity contribution is 8.00. The number of hydrogen-bond acceptors (Lipinski definition) is 4. The maximum atomic E-state index is 10.3. The van der Waals surface area contributed by atoms with Crippen LogP contribution in [-0.4, -0.2) is 28.6 Å². The Morgan fingerprint density at radius 1 is 1.38 bits per heavy atom. The predicted molar refractivity (Wildman–Crippen MR) is 63.3 cm³/mol. The summed E-state index contributed by atoms with van der Waals surface area (Å²) in [4.78, 5) is 20.4. The second-order valence-corrected chi connectivity index (χ2v) is 4.01. The summed E-state index contributed by atoms with van der Waals surface area (Å²) in [6.45, 7) is 0. The third-order valence-corrected chi connectivity index (χ3v) is 2.58. The molecule has 0 aromatic heterocycles. The summed E-state index contributed by atoms with van der Waals surface area (Å²) in [5, 5.41) is 11.1. The Balaban J connectivity index is 0.000000181. The Morgan fingerprint density at radius 3 is 2.31 bits per heavy atom. The predicted octanol–water partition coefficient (Wildman–Crippen LogP) is 0.774. The molecule has 16 heavy (non-hydrogen) atoms. The molecule has 1 fully saturated rings. The molecule has 0 saturated carbocycles. The number of aromatic carboxylic acids is 1. The molecule has 1 amide bonds. The van der Waals surface area contributed by atoms with E-state index in [4.69, 9.17) is 10.8 Å². The van der Waals surface area contributed by atoms with Gasteiger partial charge in [0.2, 0.25) is 5.91 Å². The van der Waals surface area contributed by atoms with Crippen LogP contribution in [0.25, 0.3) is 0 Å². The largest absolute Gasteiger partial charge is 0.478 e. The standard InChI is InChI=1S/C7H7NO2.C3H5NOS/c8-6-3-1-5(2-4-6)7(9)10;5-3-1-6-2-4-3/h1-4H,8H2,(H,9,10);1-2H2,(H,4,5). The van der Waals surface area contributed by atoms with Gasteiger partial charge in [-0.1, -0.05) is 0 Å². The fourth-order valence-electron chi connectivity index (χ4n) is 0.952. The SMILES string of the molecule is Nc1ccc(C(=O)O)cc1.O=C1CSCN1. The molecule has 0 unspecified atom stereocenters. The highest BCUT2D eigenvalue weighted by atomic mass is 32.2. The summed E-state index contributed by atoms with van der Waals surface area (Å²) >= 11 is 1.62. The molecule has 1 aliphatic rings. The lowest BCUT2D eigenvalue weighted by Crippen LogP contribution is -2.14. The normalized spacial score (nSPS) is 13.6. The van der Waals surface area contributed by atoms with Crippen LogP contribution >= 0.6 is 11.8 Å². The highest BCUT2D eigenvalue weighted by Gasteiger charge is 2.05. The molecule has 0 radical (unpaired) electrons. The second-order valence-electron chi connectivity index (χ2n) is 3.02. The zero-order chi connectivity index (χ0) is 12.0. The van der Waals surface area contributed by atoms with Gasteiger partial charge in [0.1, 0.15) is 0 Å². The minimum Gasteiger partial charge on any atom is -0.478 e. The van der Waals surface area contributed by atoms with E-state index in [2.05, 4.69) is 5.32 Å². The number of nitrogens with one attached hydrogen (secondary N) is 1. The summed E-state index contributed by atoms with van der Waals surface area (Å²) in [6, 6.07) is 6.06. The third kappa shape index (κ3) is 4.22. The molecule has 86 valence electrons. The minimum atomic E-state index is -0.931. The molecule has 0 aliphatic carbocycles. The molecule has 1 aliphatic heterocycles. The zero-order valence-electron chi connectivity index (χ0n) is 8.47. The van der Waals surface area contributed by atoms with Crippen LogP contribution in [0, 0.1) is 0 Å². The van der Waals surface area contributed by atoms with Crippen molar-refractivity contribution in [1.82, 2.24) is 5.32 Å². The molecular formula is C10H12N2O3S. The van der Waals surface area contributed by atoms with Crippen molar-refractivity contribution in [2.75, 3.05) is 17.4 Å². The van der Waals surface area contributed by atoms with Crippen molar-refractivity contribution < 1.29 is 14.7 Å². The van der Waals surface area contributed by atoms with Crippen LogP contribution in [0.4, 0.5) is 5.69 Å². The Labute approximate surface area is 97.0 Å². The first-order chi connectivity index (χ1) is 7.59. The second kappa shape index (κ2) is 6.02. The third-order valence-electron chi connectivity index (χ3n) is 1.76. The van der Waals surface area contributed by atoms with Gasteiger partial charge in [-0.25, -0.2) is 4.79 Å². The first-order valence-corrected chi connectivity index (χ1v) is 5.68. The summed E-state index contributed by atoms with van der Waals surface area (Å²) < 4.78 is 0. The van der Waals surface area contributed by atoms with E-state index in [0.29, 0.717) is 11.4 Å². The molecule has 5 nitrogen and oxygen atoms in total. The van der Waals surface area contributed by atoms with Crippen molar-refractivity contribution in [3.63, 3.8) is 0 Å². The number of anilines is 1. The summed E-state index contributed by atoms with van der Waals surface area (Å²) in [6.07, 6.45) is 0. The Morgan fingerprint density at radius 2 is 2.00 bits per heavy atom. The van der Waals surface area contributed by atoms with Gasteiger partial charge >= 0.3 is 5.97 Å². The molecule has 1 aromatic carbocycles. The Bertz CT molecular complexity index is 370. The number of carbonyl (C=O) groups is 2. The first-order valence-electron chi connectivity index (χ1n) is 4.53. The minimum absolute atomic E-state index is 0.167. The lowest BCUT2D eigenvalue weighted by atomic mass is 10.2. The van der Waals surface area contributed by atoms with Crippen molar-refractivity contribution in [1.29, 1.82) is 0 Å². The lowest BCUT2D eigenvalue weighted by molar-refractivity contribution is -0.117. The summed E-state index contributed by atoms with van der Waals surface area (Å²) in [5.74, 6) is 0.693. The van der Waals surface area contributed by atoms with Gasteiger partial charge in [0, 0.05) is 5.69 Å². The van der Waals surface area contributed by atoms with E-state index in [-0.39, 0.29) is 11.5 Å². The van der Waals surface area contributed by atoms with Crippen molar-refractivity contribution >= 4 is 29.3 Å². The maximum Gasteiger partial charge on any atom is 0.335 e. The van der Waals surface area contributed by atoms with Crippen molar-refractivity contribution in [2.45, 2.75) is 0 Å². The number of rotatable bonds is 1. The summed E-state index contributed by atoms with van der Waals surface area (Å²) in [7, 11) is 0. The quantitative estimate of drug-likeness (QED) is 0.631. The smallest absolute Gasteiger partial charge is 0.335 e. The van der Waals surface area contributed by atoms with E-state index >= 15 is 0 Å². The monoisotopic (exact) mass is 240 g/mol. The lowest BCUT2D eigenvalue weighted by Gasteiger charge is -1.93. The molecule has 0 atom stereocenters. The average Bonchev–Trinajstić information content (AvgIpc) is 2.71. The molecule has 1 heterocycles. The van der Waals surface area contributed by atoms with E-state index in [1.807, 2.05) is 0 Å². The van der Waals surface area contributed by atoms with Crippen LogP contribution < -0.4 is 11.1 Å². The van der Waals surface area contributed by atoms with Crippen molar-refractivity contribution in [2.24, 2.45) is 0 Å². The van der Waals surface area contributed by atoms with E-state index in [1.165, 1.54) is 12.1 Å². The number of nitrogens with two attached hydrogens (primary N) is 1. The Hall–Kier alpha value is -1.69.